The molecule has 25 heavy (non-hydrogen) atoms. The largest absolute Gasteiger partial charge is 0.356 e. The van der Waals surface area contributed by atoms with Gasteiger partial charge in [-0.2, -0.15) is 10.1 Å². The monoisotopic (exact) mass is 337 g/mol. The number of Topliss-reactive ketones (excluding diaryl/α,β-unsaturated/α-hetero) is 1. The Morgan fingerprint density at radius 2 is 1.92 bits per heavy atom. The summed E-state index contributed by atoms with van der Waals surface area (Å²) < 4.78 is 1.63. The summed E-state index contributed by atoms with van der Waals surface area (Å²) in [4.78, 5) is 32.0. The van der Waals surface area contributed by atoms with Crippen molar-refractivity contribution in [3.05, 3.63) is 60.2 Å². The first-order valence-corrected chi connectivity index (χ1v) is 8.21. The van der Waals surface area contributed by atoms with Crippen molar-refractivity contribution in [3.8, 4) is 0 Å². The van der Waals surface area contributed by atoms with Crippen LogP contribution in [0.2, 0.25) is 0 Å². The van der Waals surface area contributed by atoms with E-state index < -0.39 is 0 Å². The van der Waals surface area contributed by atoms with Gasteiger partial charge in [0.05, 0.1) is 0 Å². The van der Waals surface area contributed by atoms with Crippen molar-refractivity contribution in [1.82, 2.24) is 24.9 Å². The van der Waals surface area contributed by atoms with Crippen molar-refractivity contribution in [2.75, 3.05) is 6.54 Å². The minimum atomic E-state index is -0.103. The lowest BCUT2D eigenvalue weighted by molar-refractivity contribution is -0.121. The van der Waals surface area contributed by atoms with E-state index in [1.54, 1.807) is 22.8 Å². The molecule has 0 unspecified atom stereocenters. The molecule has 1 aromatic carbocycles. The number of amides is 1. The Hall–Kier alpha value is -3.09. The molecule has 128 valence electrons. The Balaban J connectivity index is 1.35. The fourth-order valence-corrected chi connectivity index (χ4v) is 2.49. The average Bonchev–Trinajstić information content (AvgIpc) is 3.12. The smallest absolute Gasteiger partial charge is 0.252 e. The average molecular weight is 337 g/mol. The van der Waals surface area contributed by atoms with Crippen LogP contribution in [-0.4, -0.2) is 37.8 Å². The van der Waals surface area contributed by atoms with Gasteiger partial charge in [0.15, 0.2) is 5.78 Å². The second kappa shape index (κ2) is 8.14. The molecule has 1 amide bonds. The molecule has 0 saturated heterocycles. The number of hydrogen-bond donors (Lipinski definition) is 1. The van der Waals surface area contributed by atoms with E-state index in [1.807, 2.05) is 24.4 Å². The maximum Gasteiger partial charge on any atom is 0.252 e. The summed E-state index contributed by atoms with van der Waals surface area (Å²) in [6.45, 7) is 0.563. The number of rotatable bonds is 8. The lowest BCUT2D eigenvalue weighted by atomic mass is 10.1. The van der Waals surface area contributed by atoms with Crippen molar-refractivity contribution in [3.63, 3.8) is 0 Å². The number of fused-ring (bicyclic) bond motifs is 1. The van der Waals surface area contributed by atoms with Crippen molar-refractivity contribution < 1.29 is 9.59 Å². The van der Waals surface area contributed by atoms with Crippen LogP contribution in [0.4, 0.5) is 0 Å². The number of nitrogens with one attached hydrogen (secondary N) is 1. The normalized spacial score (nSPS) is 10.7. The molecule has 0 saturated carbocycles. The van der Waals surface area contributed by atoms with Gasteiger partial charge in [-0.05, 0) is 18.4 Å². The molecule has 3 rings (SSSR count). The van der Waals surface area contributed by atoms with Crippen LogP contribution < -0.4 is 5.32 Å². The molecule has 0 fully saturated rings. The van der Waals surface area contributed by atoms with Gasteiger partial charge >= 0.3 is 0 Å². The Bertz CT molecular complexity index is 860. The van der Waals surface area contributed by atoms with Crippen LogP contribution in [-0.2, 0) is 11.2 Å². The van der Waals surface area contributed by atoms with Crippen LogP contribution in [0, 0.1) is 0 Å². The number of nitrogens with zero attached hydrogens (tertiary/aromatic N) is 4. The Labute approximate surface area is 145 Å². The number of hydrogen-bond acceptors (Lipinski definition) is 5. The zero-order chi connectivity index (χ0) is 17.5. The van der Waals surface area contributed by atoms with Gasteiger partial charge in [0.1, 0.15) is 6.33 Å². The highest BCUT2D eigenvalue weighted by Gasteiger charge is 2.08. The van der Waals surface area contributed by atoms with E-state index in [-0.39, 0.29) is 24.5 Å². The molecule has 0 radical (unpaired) electrons. The summed E-state index contributed by atoms with van der Waals surface area (Å²) in [6, 6.07) is 9.03. The summed E-state index contributed by atoms with van der Waals surface area (Å²) in [5.74, 6) is 0.456. The molecular weight excluding hydrogens is 318 g/mol. The molecule has 1 N–H and O–H groups in total. The molecule has 0 aliphatic heterocycles. The van der Waals surface area contributed by atoms with Gasteiger partial charge in [-0.25, -0.2) is 9.50 Å². The lowest BCUT2D eigenvalue weighted by Gasteiger charge is -2.05. The molecule has 0 aliphatic carbocycles. The summed E-state index contributed by atoms with van der Waals surface area (Å²) in [6.07, 6.45) is 7.12. The molecular formula is C18H19N5O2. The Kier molecular flexibility index (Phi) is 5.46. The summed E-state index contributed by atoms with van der Waals surface area (Å²) in [5, 5.41) is 6.89. The molecule has 3 aromatic rings. The lowest BCUT2D eigenvalue weighted by Crippen LogP contribution is -2.25. The van der Waals surface area contributed by atoms with E-state index in [0.717, 1.165) is 18.4 Å². The van der Waals surface area contributed by atoms with Crippen molar-refractivity contribution in [2.45, 2.75) is 25.7 Å². The van der Waals surface area contributed by atoms with Crippen molar-refractivity contribution in [1.29, 1.82) is 0 Å². The van der Waals surface area contributed by atoms with Gasteiger partial charge < -0.3 is 5.32 Å². The van der Waals surface area contributed by atoms with Crippen LogP contribution in [0.1, 0.15) is 35.2 Å². The molecule has 7 heteroatoms. The Morgan fingerprint density at radius 1 is 1.08 bits per heavy atom. The third-order valence-electron chi connectivity index (χ3n) is 3.83. The molecule has 7 nitrogen and oxygen atoms in total. The van der Waals surface area contributed by atoms with Gasteiger partial charge in [-0.15, -0.1) is 0 Å². The fraction of sp³-hybridized carbons (Fsp3) is 0.278. The van der Waals surface area contributed by atoms with Crippen molar-refractivity contribution >= 4 is 17.5 Å². The van der Waals surface area contributed by atoms with E-state index in [0.29, 0.717) is 17.9 Å². The highest BCUT2D eigenvalue weighted by molar-refractivity contribution is 5.97. The minimum absolute atomic E-state index is 0.0111. The minimum Gasteiger partial charge on any atom is -0.356 e. The summed E-state index contributed by atoms with van der Waals surface area (Å²) in [5.41, 5.74) is 1.68. The maximum atomic E-state index is 11.9. The highest BCUT2D eigenvalue weighted by atomic mass is 16.2. The molecule has 0 bridgehead atoms. The van der Waals surface area contributed by atoms with Gasteiger partial charge in [-0.3, -0.25) is 9.59 Å². The molecule has 0 spiro atoms. The highest BCUT2D eigenvalue weighted by Crippen LogP contribution is 2.05. The molecule has 2 aromatic heterocycles. The number of ketones is 1. The van der Waals surface area contributed by atoms with E-state index in [1.165, 1.54) is 6.33 Å². The van der Waals surface area contributed by atoms with Crippen LogP contribution in [0.5, 0.6) is 0 Å². The number of aryl methyl sites for hydroxylation is 1. The fourth-order valence-electron chi connectivity index (χ4n) is 2.49. The van der Waals surface area contributed by atoms with E-state index in [9.17, 15) is 9.59 Å². The quantitative estimate of drug-likeness (QED) is 0.500. The molecule has 2 heterocycles. The van der Waals surface area contributed by atoms with Gasteiger partial charge in [-0.1, -0.05) is 30.3 Å². The molecule has 0 atom stereocenters. The first-order chi connectivity index (χ1) is 12.2. The zero-order valence-electron chi connectivity index (χ0n) is 13.8. The number of aromatic nitrogens is 4. The van der Waals surface area contributed by atoms with E-state index in [4.69, 9.17) is 0 Å². The van der Waals surface area contributed by atoms with Crippen LogP contribution in [0.3, 0.4) is 0 Å². The summed E-state index contributed by atoms with van der Waals surface area (Å²) >= 11 is 0. The van der Waals surface area contributed by atoms with Crippen LogP contribution >= 0.6 is 0 Å². The van der Waals surface area contributed by atoms with E-state index in [2.05, 4.69) is 20.4 Å². The number of benzene rings is 1. The first-order valence-electron chi connectivity index (χ1n) is 8.21. The first kappa shape index (κ1) is 16.8. The third-order valence-corrected chi connectivity index (χ3v) is 3.83. The standard InChI is InChI=1S/C18H19N5O2/c24-16(15-6-2-1-3-7-15)8-9-17(25)19-10-4-5-14-11-20-18-21-13-22-23(18)12-14/h1-3,6-7,11-13H,4-5,8-10H2,(H,19,25). The summed E-state index contributed by atoms with van der Waals surface area (Å²) in [7, 11) is 0. The Morgan fingerprint density at radius 3 is 2.76 bits per heavy atom. The van der Waals surface area contributed by atoms with Crippen LogP contribution in [0.25, 0.3) is 5.78 Å². The second-order valence-electron chi connectivity index (χ2n) is 5.71. The topological polar surface area (TPSA) is 89.2 Å². The van der Waals surface area contributed by atoms with Crippen LogP contribution in [0.15, 0.2) is 49.1 Å². The third kappa shape index (κ3) is 4.69. The van der Waals surface area contributed by atoms with Gasteiger partial charge in [0, 0.05) is 37.3 Å². The predicted molar refractivity (Wildman–Crippen MR) is 92.1 cm³/mol. The zero-order valence-corrected chi connectivity index (χ0v) is 13.8. The molecule has 0 aliphatic rings. The number of carbonyl (C=O) groups is 2. The van der Waals surface area contributed by atoms with Crippen molar-refractivity contribution in [2.24, 2.45) is 0 Å². The van der Waals surface area contributed by atoms with E-state index >= 15 is 0 Å². The van der Waals surface area contributed by atoms with Gasteiger partial charge in [0.2, 0.25) is 5.91 Å². The predicted octanol–water partition coefficient (Wildman–Crippen LogP) is 1.84. The SMILES string of the molecule is O=C(CCC(=O)c1ccccc1)NCCCc1cnc2ncnn2c1. The maximum absolute atomic E-state index is 11.9. The number of carbonyl (C=O) groups excluding carboxylic acids is 2. The van der Waals surface area contributed by atoms with Gasteiger partial charge in [0.25, 0.3) is 5.78 Å². The second-order valence-corrected chi connectivity index (χ2v) is 5.71.